The van der Waals surface area contributed by atoms with Crippen molar-refractivity contribution in [3.05, 3.63) is 94.8 Å². The Kier molecular flexibility index (Phi) is 5.57. The van der Waals surface area contributed by atoms with E-state index in [1.54, 1.807) is 37.3 Å². The van der Waals surface area contributed by atoms with E-state index in [0.717, 1.165) is 5.56 Å². The number of benzene rings is 3. The highest BCUT2D eigenvalue weighted by Crippen LogP contribution is 2.22. The Morgan fingerprint density at radius 1 is 1.03 bits per heavy atom. The van der Waals surface area contributed by atoms with Gasteiger partial charge in [0.05, 0.1) is 17.1 Å². The molecule has 0 fully saturated rings. The van der Waals surface area contributed by atoms with Crippen LogP contribution < -0.4 is 11.0 Å². The smallest absolute Gasteiger partial charge is 0.263 e. The second kappa shape index (κ2) is 8.62. The highest BCUT2D eigenvalue weighted by molar-refractivity contribution is 5.85. The van der Waals surface area contributed by atoms with Gasteiger partial charge in [-0.15, -0.1) is 0 Å². The number of hydrogen-bond donors (Lipinski definition) is 2. The van der Waals surface area contributed by atoms with Crippen molar-refractivity contribution < 1.29 is 9.90 Å². The fourth-order valence-corrected chi connectivity index (χ4v) is 3.24. The van der Waals surface area contributed by atoms with Crippen LogP contribution in [0.4, 0.5) is 0 Å². The van der Waals surface area contributed by atoms with Crippen molar-refractivity contribution in [2.75, 3.05) is 0 Å². The van der Waals surface area contributed by atoms with E-state index in [9.17, 15) is 14.7 Å². The number of carbonyl (C=O) groups is 1. The van der Waals surface area contributed by atoms with Crippen molar-refractivity contribution in [1.29, 1.82) is 0 Å². The molecule has 3 aromatic carbocycles. The van der Waals surface area contributed by atoms with Crippen LogP contribution in [0, 0.1) is 0 Å². The Balaban J connectivity index is 1.70. The van der Waals surface area contributed by atoms with Gasteiger partial charge in [-0.25, -0.2) is 10.4 Å². The molecule has 4 aromatic rings. The first kappa shape index (κ1) is 20.0. The first-order valence-corrected chi connectivity index (χ1v) is 9.73. The number of nitrogens with zero attached hydrogens (tertiary/aromatic N) is 3. The number of phenolic OH excluding ortho intramolecular Hbond substituents is 1. The third-order valence-electron chi connectivity index (χ3n) is 4.89. The topological polar surface area (TPSA) is 96.6 Å². The number of aromatic nitrogens is 2. The van der Waals surface area contributed by atoms with E-state index in [2.05, 4.69) is 15.5 Å². The first-order valence-electron chi connectivity index (χ1n) is 9.73. The van der Waals surface area contributed by atoms with Gasteiger partial charge in [-0.3, -0.25) is 14.2 Å². The summed E-state index contributed by atoms with van der Waals surface area (Å²) in [6.45, 7) is 1.63. The largest absolute Gasteiger partial charge is 0.508 e. The minimum Gasteiger partial charge on any atom is -0.508 e. The molecule has 1 heterocycles. The lowest BCUT2D eigenvalue weighted by Gasteiger charge is -2.18. The molecule has 0 aliphatic heterocycles. The lowest BCUT2D eigenvalue weighted by molar-refractivity contribution is -0.123. The second-order valence-electron chi connectivity index (χ2n) is 7.00. The number of amides is 1. The molecule has 31 heavy (non-hydrogen) atoms. The molecule has 7 heteroatoms. The third-order valence-corrected chi connectivity index (χ3v) is 4.89. The van der Waals surface area contributed by atoms with Crippen molar-refractivity contribution in [1.82, 2.24) is 15.0 Å². The molecular formula is C24H20N4O3. The Bertz CT molecular complexity index is 1310. The maximum atomic E-state index is 13.3. The van der Waals surface area contributed by atoms with E-state index in [-0.39, 0.29) is 11.3 Å². The fraction of sp³-hybridized carbons (Fsp3) is 0.0833. The minimum absolute atomic E-state index is 0.145. The van der Waals surface area contributed by atoms with E-state index < -0.39 is 11.9 Å². The van der Waals surface area contributed by atoms with Crippen LogP contribution in [0.1, 0.15) is 18.5 Å². The van der Waals surface area contributed by atoms with Crippen LogP contribution in [0.25, 0.3) is 22.3 Å². The summed E-state index contributed by atoms with van der Waals surface area (Å²) in [5.41, 5.74) is 4.19. The number of para-hydroxylation sites is 1. The molecule has 2 N–H and O–H groups in total. The molecule has 0 bridgehead atoms. The lowest BCUT2D eigenvalue weighted by atomic mass is 10.1. The molecule has 1 aromatic heterocycles. The molecule has 0 saturated carbocycles. The molecular weight excluding hydrogens is 392 g/mol. The Hall–Kier alpha value is -4.26. The quantitative estimate of drug-likeness (QED) is 0.387. The van der Waals surface area contributed by atoms with Gasteiger partial charge < -0.3 is 5.11 Å². The van der Waals surface area contributed by atoms with Crippen LogP contribution in [0.3, 0.4) is 0 Å². The fourth-order valence-electron chi connectivity index (χ4n) is 3.24. The number of hydrazone groups is 1. The van der Waals surface area contributed by atoms with Crippen LogP contribution in [-0.4, -0.2) is 26.8 Å². The summed E-state index contributed by atoms with van der Waals surface area (Å²) in [6.07, 6.45) is 1.46. The summed E-state index contributed by atoms with van der Waals surface area (Å²) in [4.78, 5) is 30.8. The molecule has 154 valence electrons. The Labute approximate surface area is 178 Å². The number of phenols is 1. The third kappa shape index (κ3) is 4.20. The summed E-state index contributed by atoms with van der Waals surface area (Å²) < 4.78 is 1.39. The lowest BCUT2D eigenvalue weighted by Crippen LogP contribution is -2.35. The molecule has 7 nitrogen and oxygen atoms in total. The summed E-state index contributed by atoms with van der Waals surface area (Å²) in [7, 11) is 0. The Morgan fingerprint density at radius 3 is 2.45 bits per heavy atom. The van der Waals surface area contributed by atoms with Crippen LogP contribution in [0.2, 0.25) is 0 Å². The highest BCUT2D eigenvalue weighted by atomic mass is 16.3. The molecule has 0 radical (unpaired) electrons. The number of nitrogens with one attached hydrogen (secondary N) is 1. The monoisotopic (exact) mass is 412 g/mol. The van der Waals surface area contributed by atoms with Gasteiger partial charge in [-0.1, -0.05) is 42.5 Å². The van der Waals surface area contributed by atoms with Crippen molar-refractivity contribution in [2.45, 2.75) is 13.0 Å². The van der Waals surface area contributed by atoms with E-state index in [1.165, 1.54) is 22.9 Å². The zero-order valence-corrected chi connectivity index (χ0v) is 16.8. The van der Waals surface area contributed by atoms with Gasteiger partial charge in [-0.05, 0) is 48.9 Å². The van der Waals surface area contributed by atoms with Gasteiger partial charge in [-0.2, -0.15) is 5.10 Å². The predicted octanol–water partition coefficient (Wildman–Crippen LogP) is 3.48. The van der Waals surface area contributed by atoms with Crippen LogP contribution >= 0.6 is 0 Å². The van der Waals surface area contributed by atoms with Gasteiger partial charge in [0.25, 0.3) is 11.5 Å². The highest BCUT2D eigenvalue weighted by Gasteiger charge is 2.22. The van der Waals surface area contributed by atoms with Crippen molar-refractivity contribution in [2.24, 2.45) is 5.10 Å². The average Bonchev–Trinajstić information content (AvgIpc) is 2.80. The molecule has 4 rings (SSSR count). The number of fused-ring (bicyclic) bond motifs is 1. The number of hydrogen-bond acceptors (Lipinski definition) is 5. The number of aromatic hydroxyl groups is 1. The molecule has 1 amide bonds. The average molecular weight is 412 g/mol. The maximum absolute atomic E-state index is 13.3. The SMILES string of the molecule is C[C@@H](C(=O)NN=Cc1ccc(O)cc1)n1c(-c2ccccc2)nc2ccccc2c1=O. The summed E-state index contributed by atoms with van der Waals surface area (Å²) in [5.74, 6) is 0.104. The summed E-state index contributed by atoms with van der Waals surface area (Å²) in [5, 5.41) is 13.7. The van der Waals surface area contributed by atoms with Crippen LogP contribution in [0.15, 0.2) is 88.8 Å². The van der Waals surface area contributed by atoms with E-state index in [4.69, 9.17) is 0 Å². The molecule has 0 unspecified atom stereocenters. The standard InChI is InChI=1S/C24H20N4O3/c1-16(23(30)27-25-15-17-11-13-19(29)14-12-17)28-22(18-7-3-2-4-8-18)26-21-10-6-5-9-20(21)24(28)31/h2-16,29H,1H3,(H,27,30)/t16-/m0/s1. The van der Waals surface area contributed by atoms with Crippen molar-refractivity contribution >= 4 is 23.0 Å². The normalized spacial score (nSPS) is 12.2. The Morgan fingerprint density at radius 2 is 1.71 bits per heavy atom. The maximum Gasteiger partial charge on any atom is 0.263 e. The van der Waals surface area contributed by atoms with Gasteiger partial charge in [0.1, 0.15) is 17.6 Å². The molecule has 1 atom stereocenters. The van der Waals surface area contributed by atoms with E-state index >= 15 is 0 Å². The molecule has 0 spiro atoms. The number of rotatable bonds is 5. The number of carbonyl (C=O) groups excluding carboxylic acids is 1. The van der Waals surface area contributed by atoms with Crippen LogP contribution in [0.5, 0.6) is 5.75 Å². The van der Waals surface area contributed by atoms with E-state index in [0.29, 0.717) is 22.3 Å². The minimum atomic E-state index is -0.850. The zero-order chi connectivity index (χ0) is 21.8. The van der Waals surface area contributed by atoms with Crippen molar-refractivity contribution in [3.63, 3.8) is 0 Å². The van der Waals surface area contributed by atoms with Gasteiger partial charge in [0, 0.05) is 5.56 Å². The first-order chi connectivity index (χ1) is 15.0. The van der Waals surface area contributed by atoms with Gasteiger partial charge in [0.15, 0.2) is 0 Å². The van der Waals surface area contributed by atoms with E-state index in [1.807, 2.05) is 36.4 Å². The van der Waals surface area contributed by atoms with Crippen LogP contribution in [-0.2, 0) is 4.79 Å². The second-order valence-corrected chi connectivity index (χ2v) is 7.00. The predicted molar refractivity (Wildman–Crippen MR) is 120 cm³/mol. The zero-order valence-electron chi connectivity index (χ0n) is 16.8. The molecule has 0 aliphatic rings. The molecule has 0 aliphatic carbocycles. The summed E-state index contributed by atoms with van der Waals surface area (Å²) >= 11 is 0. The molecule has 0 saturated heterocycles. The van der Waals surface area contributed by atoms with Gasteiger partial charge in [0.2, 0.25) is 0 Å². The summed E-state index contributed by atoms with van der Waals surface area (Å²) in [6, 6.07) is 21.9. The van der Waals surface area contributed by atoms with Gasteiger partial charge >= 0.3 is 0 Å². The van der Waals surface area contributed by atoms with Crippen molar-refractivity contribution in [3.8, 4) is 17.1 Å².